The van der Waals surface area contributed by atoms with Gasteiger partial charge < -0.3 is 16.0 Å². The Bertz CT molecular complexity index is 653. The number of likely N-dealkylation sites (tertiary alicyclic amines) is 1. The summed E-state index contributed by atoms with van der Waals surface area (Å²) in [6, 6.07) is 3.87. The molecule has 27 heavy (non-hydrogen) atoms. The van der Waals surface area contributed by atoms with Gasteiger partial charge in [-0.2, -0.15) is 0 Å². The molecule has 1 saturated carbocycles. The van der Waals surface area contributed by atoms with Crippen LogP contribution in [0.2, 0.25) is 0 Å². The molecule has 6 nitrogen and oxygen atoms in total. The second-order valence-electron chi connectivity index (χ2n) is 7.64. The molecular weight excluding hydrogens is 362 g/mol. The molecule has 0 spiro atoms. The molecule has 0 bridgehead atoms. The van der Waals surface area contributed by atoms with Crippen molar-refractivity contribution < 1.29 is 14.4 Å². The van der Waals surface area contributed by atoms with Gasteiger partial charge in [0.15, 0.2) is 0 Å². The zero-order valence-electron chi connectivity index (χ0n) is 15.7. The second-order valence-corrected chi connectivity index (χ2v) is 8.67. The van der Waals surface area contributed by atoms with Crippen molar-refractivity contribution in [2.75, 3.05) is 6.54 Å². The smallest absolute Gasteiger partial charge is 0.240 e. The molecule has 7 heteroatoms. The van der Waals surface area contributed by atoms with Gasteiger partial charge in [0.1, 0.15) is 6.04 Å². The van der Waals surface area contributed by atoms with Crippen molar-refractivity contribution >= 4 is 29.1 Å². The Labute approximate surface area is 164 Å². The van der Waals surface area contributed by atoms with E-state index in [9.17, 15) is 14.4 Å². The summed E-state index contributed by atoms with van der Waals surface area (Å²) >= 11 is 1.73. The number of carbonyl (C=O) groups excluding carboxylic acids is 3. The quantitative estimate of drug-likeness (QED) is 0.746. The minimum absolute atomic E-state index is 0.0445. The van der Waals surface area contributed by atoms with Crippen LogP contribution in [-0.4, -0.2) is 41.2 Å². The number of nitrogens with one attached hydrogen (secondary N) is 1. The molecule has 148 valence electrons. The summed E-state index contributed by atoms with van der Waals surface area (Å²) in [4.78, 5) is 39.4. The topological polar surface area (TPSA) is 92.5 Å². The molecule has 3 N–H and O–H groups in total. The maximum atomic E-state index is 12.7. The first-order valence-electron chi connectivity index (χ1n) is 9.96. The fourth-order valence-electron chi connectivity index (χ4n) is 4.22. The monoisotopic (exact) mass is 391 g/mol. The number of rotatable bonds is 7. The van der Waals surface area contributed by atoms with Gasteiger partial charge in [0.2, 0.25) is 17.7 Å². The summed E-state index contributed by atoms with van der Waals surface area (Å²) in [6.45, 7) is 0.632. The molecule has 3 rings (SSSR count). The number of nitrogens with two attached hydrogens (primary N) is 1. The van der Waals surface area contributed by atoms with Crippen LogP contribution in [0.15, 0.2) is 17.5 Å². The number of nitrogens with zero attached hydrogens (tertiary/aromatic N) is 1. The highest BCUT2D eigenvalue weighted by atomic mass is 32.1. The molecule has 0 aromatic carbocycles. The minimum atomic E-state index is -0.432. The van der Waals surface area contributed by atoms with Crippen molar-refractivity contribution in [3.05, 3.63) is 22.4 Å². The van der Waals surface area contributed by atoms with Crippen LogP contribution in [0.4, 0.5) is 0 Å². The number of carbonyl (C=O) groups is 3. The van der Waals surface area contributed by atoms with Gasteiger partial charge in [0, 0.05) is 29.8 Å². The predicted octanol–water partition coefficient (Wildman–Crippen LogP) is 2.22. The molecule has 2 heterocycles. The van der Waals surface area contributed by atoms with Gasteiger partial charge in [0.25, 0.3) is 0 Å². The lowest BCUT2D eigenvalue weighted by Gasteiger charge is -2.32. The van der Waals surface area contributed by atoms with E-state index in [0.717, 1.165) is 44.9 Å². The average molecular weight is 392 g/mol. The van der Waals surface area contributed by atoms with Gasteiger partial charge in [-0.1, -0.05) is 6.07 Å². The lowest BCUT2D eigenvalue weighted by molar-refractivity contribution is -0.141. The lowest BCUT2D eigenvalue weighted by atomic mass is 9.85. The summed E-state index contributed by atoms with van der Waals surface area (Å²) in [5.74, 6) is -0.270. The Kier molecular flexibility index (Phi) is 6.88. The van der Waals surface area contributed by atoms with Gasteiger partial charge >= 0.3 is 0 Å². The van der Waals surface area contributed by atoms with E-state index in [-0.39, 0.29) is 23.8 Å². The minimum Gasteiger partial charge on any atom is -0.368 e. The third kappa shape index (κ3) is 5.31. The highest BCUT2D eigenvalue weighted by Crippen LogP contribution is 2.29. The Morgan fingerprint density at radius 2 is 1.96 bits per heavy atom. The van der Waals surface area contributed by atoms with E-state index >= 15 is 0 Å². The summed E-state index contributed by atoms with van der Waals surface area (Å²) in [6.07, 6.45) is 7.05. The average Bonchev–Trinajstić information content (AvgIpc) is 3.33. The summed E-state index contributed by atoms with van der Waals surface area (Å²) in [5.41, 5.74) is 5.42. The maximum Gasteiger partial charge on any atom is 0.240 e. The summed E-state index contributed by atoms with van der Waals surface area (Å²) in [5, 5.41) is 5.18. The van der Waals surface area contributed by atoms with E-state index < -0.39 is 11.9 Å². The Morgan fingerprint density at radius 1 is 1.19 bits per heavy atom. The summed E-state index contributed by atoms with van der Waals surface area (Å²) in [7, 11) is 0. The highest BCUT2D eigenvalue weighted by molar-refractivity contribution is 7.09. The Morgan fingerprint density at radius 3 is 2.63 bits per heavy atom. The van der Waals surface area contributed by atoms with Crippen LogP contribution in [0.25, 0.3) is 0 Å². The molecule has 3 amide bonds. The lowest BCUT2D eigenvalue weighted by Crippen LogP contribution is -2.47. The van der Waals surface area contributed by atoms with Crippen molar-refractivity contribution in [2.45, 2.75) is 69.9 Å². The van der Waals surface area contributed by atoms with Crippen LogP contribution in [0.3, 0.4) is 0 Å². The van der Waals surface area contributed by atoms with E-state index in [1.54, 1.807) is 16.2 Å². The van der Waals surface area contributed by atoms with Crippen LogP contribution < -0.4 is 11.1 Å². The van der Waals surface area contributed by atoms with Gasteiger partial charge in [-0.15, -0.1) is 11.3 Å². The van der Waals surface area contributed by atoms with Crippen LogP contribution in [0.1, 0.15) is 56.2 Å². The second kappa shape index (κ2) is 9.35. The van der Waals surface area contributed by atoms with Crippen LogP contribution >= 0.6 is 11.3 Å². The van der Waals surface area contributed by atoms with E-state index in [1.165, 1.54) is 4.88 Å². The SMILES string of the molecule is NC(=O)[C@@H]1CCCN1C(=O)C1CCC(NC(=O)CCCc2cccs2)CC1. The molecule has 1 atom stereocenters. The predicted molar refractivity (Wildman–Crippen MR) is 105 cm³/mol. The number of hydrogen-bond donors (Lipinski definition) is 2. The molecule has 0 radical (unpaired) electrons. The standard InChI is InChI=1S/C20H29N3O3S/c21-19(25)17-6-2-12-23(17)20(26)14-8-10-15(11-9-14)22-18(24)7-1-4-16-5-3-13-27-16/h3,5,13-15,17H,1-2,4,6-12H2,(H2,21,25)(H,22,24)/t14?,15?,17-/m0/s1. The molecular formula is C20H29N3O3S. The zero-order chi connectivity index (χ0) is 19.2. The van der Waals surface area contributed by atoms with Crippen molar-refractivity contribution in [3.63, 3.8) is 0 Å². The van der Waals surface area contributed by atoms with Gasteiger partial charge in [-0.25, -0.2) is 0 Å². The number of thiophene rings is 1. The highest BCUT2D eigenvalue weighted by Gasteiger charge is 2.37. The number of hydrogen-bond acceptors (Lipinski definition) is 4. The number of amides is 3. The van der Waals surface area contributed by atoms with Gasteiger partial charge in [-0.05, 0) is 62.8 Å². The van der Waals surface area contributed by atoms with E-state index in [1.807, 2.05) is 6.07 Å². The van der Waals surface area contributed by atoms with Crippen molar-refractivity contribution in [1.82, 2.24) is 10.2 Å². The van der Waals surface area contributed by atoms with E-state index in [2.05, 4.69) is 16.8 Å². The first-order valence-corrected chi connectivity index (χ1v) is 10.8. The number of primary amides is 1. The molecule has 1 aliphatic carbocycles. The van der Waals surface area contributed by atoms with Crippen LogP contribution in [0, 0.1) is 5.92 Å². The molecule has 2 fully saturated rings. The van der Waals surface area contributed by atoms with Crippen molar-refractivity contribution in [1.29, 1.82) is 0 Å². The first-order chi connectivity index (χ1) is 13.0. The Balaban J connectivity index is 1.37. The van der Waals surface area contributed by atoms with Crippen molar-refractivity contribution in [2.24, 2.45) is 11.7 Å². The molecule has 1 saturated heterocycles. The molecule has 1 aromatic rings. The van der Waals surface area contributed by atoms with E-state index in [4.69, 9.17) is 5.73 Å². The fourth-order valence-corrected chi connectivity index (χ4v) is 4.97. The van der Waals surface area contributed by atoms with Gasteiger partial charge in [0.05, 0.1) is 0 Å². The van der Waals surface area contributed by atoms with Crippen LogP contribution in [0.5, 0.6) is 0 Å². The normalized spacial score (nSPS) is 25.3. The Hall–Kier alpha value is -1.89. The first kappa shape index (κ1) is 19.9. The van der Waals surface area contributed by atoms with Crippen LogP contribution in [-0.2, 0) is 20.8 Å². The molecule has 0 unspecified atom stereocenters. The van der Waals surface area contributed by atoms with E-state index in [0.29, 0.717) is 19.4 Å². The molecule has 1 aromatic heterocycles. The number of aryl methyl sites for hydroxylation is 1. The molecule has 1 aliphatic heterocycles. The third-order valence-corrected chi connectivity index (χ3v) is 6.65. The molecule has 2 aliphatic rings. The third-order valence-electron chi connectivity index (χ3n) is 5.71. The largest absolute Gasteiger partial charge is 0.368 e. The van der Waals surface area contributed by atoms with Crippen molar-refractivity contribution in [3.8, 4) is 0 Å². The maximum absolute atomic E-state index is 12.7. The fraction of sp³-hybridized carbons (Fsp3) is 0.650. The van der Waals surface area contributed by atoms with Gasteiger partial charge in [-0.3, -0.25) is 14.4 Å². The summed E-state index contributed by atoms with van der Waals surface area (Å²) < 4.78 is 0. The zero-order valence-corrected chi connectivity index (χ0v) is 16.5.